The fourth-order valence-corrected chi connectivity index (χ4v) is 6.57. The van der Waals surface area contributed by atoms with E-state index in [0.29, 0.717) is 22.6 Å². The molecule has 2 unspecified atom stereocenters. The minimum atomic E-state index is -1.10. The minimum Gasteiger partial charge on any atom is -0.388 e. The lowest BCUT2D eigenvalue weighted by molar-refractivity contribution is -0.0347. The standard InChI is InChI=1S/C24H24N16O5/c25-18-12-19(28-5-27-18)37(6-29-12)23-17(42)14-10(44-23)1-8-4-40(36-33-8)15-16(41)11(2-9-3-39(14)35-34-9)45-22(15)38-7-30-13-20(38)31-24(26)32-21(13)43/h3-7,10-11,14-17,22-23,41-42H,1-2H2,(H2,25,27,28)(H3,26,31,32,43)/t10-,11-,14?,15+,16?,17+,22-,23-/m1/s1. The summed E-state index contributed by atoms with van der Waals surface area (Å²) in [6.07, 6.45) is 2.63. The van der Waals surface area contributed by atoms with Gasteiger partial charge in [0.2, 0.25) is 5.95 Å². The van der Waals surface area contributed by atoms with Gasteiger partial charge in [0.25, 0.3) is 5.56 Å². The third kappa shape index (κ3) is 3.81. The average Bonchev–Trinajstić information content (AvgIpc) is 3.84. The van der Waals surface area contributed by atoms with Crippen molar-refractivity contribution in [1.82, 2.24) is 69.0 Å². The first-order valence-corrected chi connectivity index (χ1v) is 14.0. The summed E-state index contributed by atoms with van der Waals surface area (Å²) in [6.45, 7) is 0. The van der Waals surface area contributed by atoms with Gasteiger partial charge in [-0.1, -0.05) is 10.4 Å². The molecule has 3 aliphatic heterocycles. The average molecular weight is 617 g/mol. The first-order valence-electron chi connectivity index (χ1n) is 14.0. The molecule has 6 bridgehead atoms. The number of ether oxygens (including phenoxy) is 2. The Kier molecular flexibility index (Phi) is 5.39. The van der Waals surface area contributed by atoms with E-state index in [1.165, 1.54) is 23.7 Å². The Labute approximate surface area is 249 Å². The molecule has 0 spiro atoms. The molecule has 45 heavy (non-hydrogen) atoms. The van der Waals surface area contributed by atoms with Crippen molar-refractivity contribution < 1.29 is 19.7 Å². The minimum absolute atomic E-state index is 0.0680. The van der Waals surface area contributed by atoms with E-state index in [4.69, 9.17) is 20.9 Å². The number of hydrogen-bond acceptors (Lipinski definition) is 16. The molecule has 0 aromatic carbocycles. The van der Waals surface area contributed by atoms with Crippen LogP contribution in [0.25, 0.3) is 22.3 Å². The van der Waals surface area contributed by atoms with Crippen LogP contribution in [0.3, 0.4) is 0 Å². The second-order valence-electron chi connectivity index (χ2n) is 11.2. The van der Waals surface area contributed by atoms with Crippen LogP contribution in [0.4, 0.5) is 11.8 Å². The molecule has 9 heterocycles. The summed E-state index contributed by atoms with van der Waals surface area (Å²) in [5.74, 6) is 0.118. The van der Waals surface area contributed by atoms with E-state index in [1.54, 1.807) is 26.2 Å². The number of anilines is 2. The highest BCUT2D eigenvalue weighted by Gasteiger charge is 2.50. The maximum absolute atomic E-state index is 12.5. The number of aromatic amines is 1. The van der Waals surface area contributed by atoms with Crippen LogP contribution in [0.1, 0.15) is 35.9 Å². The van der Waals surface area contributed by atoms with Crippen molar-refractivity contribution in [3.8, 4) is 0 Å². The monoisotopic (exact) mass is 616 g/mol. The molecule has 3 aliphatic rings. The molecule has 0 amide bonds. The van der Waals surface area contributed by atoms with Gasteiger partial charge in [0.15, 0.2) is 35.1 Å². The number of fused-ring (bicyclic) bond motifs is 11. The van der Waals surface area contributed by atoms with Crippen LogP contribution in [-0.2, 0) is 22.3 Å². The highest BCUT2D eigenvalue weighted by Crippen LogP contribution is 2.43. The van der Waals surface area contributed by atoms with E-state index in [-0.39, 0.29) is 35.8 Å². The number of aliphatic hydroxyl groups is 2. The van der Waals surface area contributed by atoms with Crippen molar-refractivity contribution >= 4 is 34.1 Å². The third-order valence-corrected chi connectivity index (χ3v) is 8.61. The summed E-state index contributed by atoms with van der Waals surface area (Å²) >= 11 is 0. The molecule has 21 heteroatoms. The van der Waals surface area contributed by atoms with Crippen molar-refractivity contribution in [1.29, 1.82) is 0 Å². The SMILES string of the molecule is Nc1nc2c(ncn2[C@@H]2O[C@@H]3Cc4cn(nn4)C4[C@@H](Cc5cn(nn5)[C@H]2C3O)O[C@@H](n2cnc3c(N)ncnc32)[C@H]4O)c(=O)[nH]1. The molecule has 0 saturated carbocycles. The van der Waals surface area contributed by atoms with E-state index < -0.39 is 54.5 Å². The number of rotatable bonds is 2. The summed E-state index contributed by atoms with van der Waals surface area (Å²) in [4.78, 5) is 35.9. The van der Waals surface area contributed by atoms with Gasteiger partial charge in [-0.3, -0.25) is 18.9 Å². The van der Waals surface area contributed by atoms with Gasteiger partial charge in [-0.05, 0) is 0 Å². The molecular formula is C24H24N16O5. The summed E-state index contributed by atoms with van der Waals surface area (Å²) in [6, 6.07) is -1.48. The molecule has 0 radical (unpaired) electrons. The molecule has 230 valence electrons. The molecule has 7 N–H and O–H groups in total. The largest absolute Gasteiger partial charge is 0.388 e. The normalized spacial score (nSPS) is 29.5. The number of nitrogens with two attached hydrogens (primary N) is 2. The van der Waals surface area contributed by atoms with Crippen molar-refractivity contribution in [3.05, 3.63) is 53.1 Å². The lowest BCUT2D eigenvalue weighted by Gasteiger charge is -2.21. The Morgan fingerprint density at radius 1 is 0.800 bits per heavy atom. The van der Waals surface area contributed by atoms with E-state index in [0.717, 1.165) is 0 Å². The predicted molar refractivity (Wildman–Crippen MR) is 148 cm³/mol. The highest BCUT2D eigenvalue weighted by atomic mass is 16.5. The van der Waals surface area contributed by atoms with Gasteiger partial charge in [0, 0.05) is 25.2 Å². The number of nitrogens with one attached hydrogen (secondary N) is 1. The smallest absolute Gasteiger partial charge is 0.280 e. The molecule has 0 aliphatic carbocycles. The predicted octanol–water partition coefficient (Wildman–Crippen LogP) is -2.60. The Morgan fingerprint density at radius 3 is 2.24 bits per heavy atom. The van der Waals surface area contributed by atoms with Crippen LogP contribution in [-0.4, -0.2) is 104 Å². The van der Waals surface area contributed by atoms with E-state index in [9.17, 15) is 15.0 Å². The van der Waals surface area contributed by atoms with Crippen molar-refractivity contribution in [3.63, 3.8) is 0 Å². The molecule has 9 rings (SSSR count). The first-order chi connectivity index (χ1) is 21.8. The number of nitrogens with zero attached hydrogens (tertiary/aromatic N) is 13. The molecule has 6 aromatic heterocycles. The zero-order chi connectivity index (χ0) is 30.6. The maximum Gasteiger partial charge on any atom is 0.280 e. The number of hydrogen-bond donors (Lipinski definition) is 5. The summed E-state index contributed by atoms with van der Waals surface area (Å²) in [5, 5.41) is 40.5. The fourth-order valence-electron chi connectivity index (χ4n) is 6.57. The lowest BCUT2D eigenvalue weighted by atomic mass is 10.0. The van der Waals surface area contributed by atoms with E-state index in [1.807, 2.05) is 0 Å². The van der Waals surface area contributed by atoms with Gasteiger partial charge < -0.3 is 31.2 Å². The Hall–Kier alpha value is -5.38. The number of nitrogen functional groups attached to an aromatic ring is 2. The van der Waals surface area contributed by atoms with Gasteiger partial charge >= 0.3 is 0 Å². The summed E-state index contributed by atoms with van der Waals surface area (Å²) in [5.41, 5.74) is 13.4. The van der Waals surface area contributed by atoms with Gasteiger partial charge in [-0.25, -0.2) is 29.3 Å². The van der Waals surface area contributed by atoms with Crippen molar-refractivity contribution in [2.24, 2.45) is 0 Å². The molecule has 2 fully saturated rings. The van der Waals surface area contributed by atoms with Gasteiger partial charge in [-0.2, -0.15) is 4.98 Å². The summed E-state index contributed by atoms with van der Waals surface area (Å²) < 4.78 is 19.0. The van der Waals surface area contributed by atoms with Gasteiger partial charge in [-0.15, -0.1) is 10.2 Å². The van der Waals surface area contributed by atoms with Crippen molar-refractivity contribution in [2.45, 2.75) is 61.8 Å². The number of imidazole rings is 2. The molecule has 21 nitrogen and oxygen atoms in total. The Balaban J connectivity index is 1.12. The van der Waals surface area contributed by atoms with Crippen LogP contribution >= 0.6 is 0 Å². The van der Waals surface area contributed by atoms with Crippen LogP contribution in [0, 0.1) is 0 Å². The molecular weight excluding hydrogens is 592 g/mol. The van der Waals surface area contributed by atoms with Crippen LogP contribution in [0.5, 0.6) is 0 Å². The second kappa shape index (κ2) is 9.31. The van der Waals surface area contributed by atoms with Gasteiger partial charge in [0.05, 0.1) is 36.3 Å². The lowest BCUT2D eigenvalue weighted by Crippen LogP contribution is -2.31. The number of H-pyrrole nitrogens is 1. The Bertz CT molecular complexity index is 2150. The molecule has 2 saturated heterocycles. The first kappa shape index (κ1) is 26.1. The topological polar surface area (TPSA) is 280 Å². The highest BCUT2D eigenvalue weighted by molar-refractivity contribution is 5.81. The van der Waals surface area contributed by atoms with E-state index in [2.05, 4.69) is 50.5 Å². The quantitative estimate of drug-likeness (QED) is 0.133. The molecule has 6 aromatic rings. The van der Waals surface area contributed by atoms with Crippen LogP contribution in [0.15, 0.2) is 36.2 Å². The van der Waals surface area contributed by atoms with Crippen LogP contribution in [0.2, 0.25) is 0 Å². The Morgan fingerprint density at radius 2 is 1.47 bits per heavy atom. The number of aliphatic hydroxyl groups excluding tert-OH is 2. The summed E-state index contributed by atoms with van der Waals surface area (Å²) in [7, 11) is 0. The van der Waals surface area contributed by atoms with E-state index >= 15 is 0 Å². The zero-order valence-corrected chi connectivity index (χ0v) is 23.0. The number of aromatic nitrogens is 14. The molecule has 8 atom stereocenters. The van der Waals surface area contributed by atoms with Crippen molar-refractivity contribution in [2.75, 3.05) is 11.5 Å². The van der Waals surface area contributed by atoms with Gasteiger partial charge in [0.1, 0.15) is 36.1 Å². The zero-order valence-electron chi connectivity index (χ0n) is 23.0. The second-order valence-corrected chi connectivity index (χ2v) is 11.2. The maximum atomic E-state index is 12.5. The third-order valence-electron chi connectivity index (χ3n) is 8.61. The van der Waals surface area contributed by atoms with Crippen LogP contribution < -0.4 is 17.0 Å². The fraction of sp³-hybridized carbons (Fsp3) is 0.417.